The van der Waals surface area contributed by atoms with Crippen LogP contribution in [0.25, 0.3) is 5.70 Å². The number of rotatable bonds is 3. The Morgan fingerprint density at radius 3 is 2.57 bits per heavy atom. The second-order valence-electron chi connectivity index (χ2n) is 6.32. The maximum atomic E-state index is 13.3. The number of esters is 1. The van der Waals surface area contributed by atoms with Crippen LogP contribution < -0.4 is 11.1 Å². The van der Waals surface area contributed by atoms with Crippen LogP contribution >= 0.6 is 0 Å². The zero-order chi connectivity index (χ0) is 20.6. The molecule has 1 atom stereocenters. The van der Waals surface area contributed by atoms with Crippen LogP contribution in [0, 0.1) is 22.6 Å². The van der Waals surface area contributed by atoms with Crippen molar-refractivity contribution in [3.63, 3.8) is 0 Å². The van der Waals surface area contributed by atoms with E-state index in [1.807, 2.05) is 6.07 Å². The molecule has 1 unspecified atom stereocenters. The average molecular weight is 383 g/mol. The molecule has 0 saturated carbocycles. The minimum absolute atomic E-state index is 0.0714. The van der Waals surface area contributed by atoms with Gasteiger partial charge in [0.2, 0.25) is 11.8 Å². The third-order valence-corrected chi connectivity index (χ3v) is 4.85. The number of carbonyl (C=O) groups excluding carboxylic acids is 2. The largest absolute Gasteiger partial charge is 0.462 e. The predicted molar refractivity (Wildman–Crippen MR) is 96.8 cm³/mol. The van der Waals surface area contributed by atoms with Crippen molar-refractivity contribution in [2.45, 2.75) is 20.8 Å². The number of halogens is 1. The Hall–Kier alpha value is -3.60. The number of hydrogen-bond acceptors (Lipinski definition) is 6. The molecule has 1 aromatic rings. The first kappa shape index (κ1) is 19.2. The first-order chi connectivity index (χ1) is 13.3. The number of nitrogens with zero attached hydrogens (tertiary/aromatic N) is 1. The number of amides is 1. The van der Waals surface area contributed by atoms with Gasteiger partial charge in [0.25, 0.3) is 0 Å². The molecule has 2 heterocycles. The van der Waals surface area contributed by atoms with Crippen LogP contribution in [0.5, 0.6) is 0 Å². The van der Waals surface area contributed by atoms with E-state index in [4.69, 9.17) is 15.2 Å². The molecule has 7 nitrogen and oxygen atoms in total. The number of carbonyl (C=O) groups is 2. The summed E-state index contributed by atoms with van der Waals surface area (Å²) < 4.78 is 23.8. The van der Waals surface area contributed by atoms with E-state index in [0.29, 0.717) is 16.8 Å². The zero-order valence-electron chi connectivity index (χ0n) is 15.6. The van der Waals surface area contributed by atoms with Crippen molar-refractivity contribution in [3.05, 3.63) is 64.0 Å². The lowest BCUT2D eigenvalue weighted by Gasteiger charge is -2.34. The highest BCUT2D eigenvalue weighted by atomic mass is 19.1. The summed E-state index contributed by atoms with van der Waals surface area (Å²) in [5.41, 5.74) is 5.06. The molecule has 0 radical (unpaired) electrons. The van der Waals surface area contributed by atoms with Crippen molar-refractivity contribution in [3.8, 4) is 6.07 Å². The third-order valence-electron chi connectivity index (χ3n) is 4.85. The Morgan fingerprint density at radius 2 is 2.00 bits per heavy atom. The zero-order valence-corrected chi connectivity index (χ0v) is 15.6. The van der Waals surface area contributed by atoms with Gasteiger partial charge < -0.3 is 20.5 Å². The molecular weight excluding hydrogens is 365 g/mol. The summed E-state index contributed by atoms with van der Waals surface area (Å²) in [5, 5.41) is 12.4. The van der Waals surface area contributed by atoms with Gasteiger partial charge in [0, 0.05) is 5.70 Å². The maximum absolute atomic E-state index is 13.3. The fraction of sp³-hybridized carbons (Fsp3) is 0.250. The Kier molecular flexibility index (Phi) is 4.69. The minimum Gasteiger partial charge on any atom is -0.462 e. The monoisotopic (exact) mass is 383 g/mol. The SMILES string of the molecule is CCOC(=O)C1=C(C)OC(N)=C(C#N)C12C(=O)NC(c1ccc(F)cc1)=C2C. The molecule has 2 aliphatic heterocycles. The Morgan fingerprint density at radius 1 is 1.36 bits per heavy atom. The Balaban J connectivity index is 2.33. The highest BCUT2D eigenvalue weighted by Gasteiger charge is 2.59. The normalized spacial score (nSPS) is 21.6. The molecule has 1 aromatic carbocycles. The van der Waals surface area contributed by atoms with Crippen molar-refractivity contribution in [2.24, 2.45) is 11.1 Å². The number of benzene rings is 1. The van der Waals surface area contributed by atoms with Crippen LogP contribution in [0.2, 0.25) is 0 Å². The molecule has 0 aromatic heterocycles. The van der Waals surface area contributed by atoms with Crippen LogP contribution in [-0.2, 0) is 19.1 Å². The van der Waals surface area contributed by atoms with Gasteiger partial charge in [-0.05, 0) is 56.2 Å². The molecule has 1 spiro atoms. The Labute approximate surface area is 160 Å². The molecule has 2 aliphatic rings. The summed E-state index contributed by atoms with van der Waals surface area (Å²) in [6, 6.07) is 7.39. The predicted octanol–water partition coefficient (Wildman–Crippen LogP) is 2.23. The first-order valence-corrected chi connectivity index (χ1v) is 8.54. The van der Waals surface area contributed by atoms with Crippen molar-refractivity contribution in [2.75, 3.05) is 6.61 Å². The third kappa shape index (κ3) is 2.55. The molecule has 3 rings (SSSR count). The molecule has 8 heteroatoms. The molecule has 0 bridgehead atoms. The van der Waals surface area contributed by atoms with E-state index in [1.54, 1.807) is 13.8 Å². The van der Waals surface area contributed by atoms with Gasteiger partial charge in [-0.1, -0.05) is 0 Å². The van der Waals surface area contributed by atoms with Gasteiger partial charge in [0.15, 0.2) is 0 Å². The van der Waals surface area contributed by atoms with Gasteiger partial charge in [-0.3, -0.25) is 4.79 Å². The van der Waals surface area contributed by atoms with Gasteiger partial charge in [0.05, 0.1) is 6.61 Å². The number of nitriles is 1. The van der Waals surface area contributed by atoms with E-state index in [9.17, 15) is 19.2 Å². The van der Waals surface area contributed by atoms with E-state index in [2.05, 4.69) is 5.32 Å². The smallest absolute Gasteiger partial charge is 0.339 e. The first-order valence-electron chi connectivity index (χ1n) is 8.54. The van der Waals surface area contributed by atoms with Gasteiger partial charge >= 0.3 is 5.97 Å². The van der Waals surface area contributed by atoms with Crippen molar-refractivity contribution >= 4 is 17.6 Å². The van der Waals surface area contributed by atoms with E-state index in [1.165, 1.54) is 31.2 Å². The van der Waals surface area contributed by atoms with E-state index in [-0.39, 0.29) is 29.4 Å². The van der Waals surface area contributed by atoms with E-state index >= 15 is 0 Å². The Bertz CT molecular complexity index is 1010. The van der Waals surface area contributed by atoms with Crippen LogP contribution in [-0.4, -0.2) is 18.5 Å². The summed E-state index contributed by atoms with van der Waals surface area (Å²) >= 11 is 0. The molecule has 3 N–H and O–H groups in total. The van der Waals surface area contributed by atoms with Crippen LogP contribution in [0.15, 0.2) is 52.6 Å². The van der Waals surface area contributed by atoms with Crippen molar-refractivity contribution in [1.82, 2.24) is 5.32 Å². The molecule has 28 heavy (non-hydrogen) atoms. The summed E-state index contributed by atoms with van der Waals surface area (Å²) in [7, 11) is 0. The topological polar surface area (TPSA) is 114 Å². The van der Waals surface area contributed by atoms with Crippen LogP contribution in [0.3, 0.4) is 0 Å². The van der Waals surface area contributed by atoms with Crippen molar-refractivity contribution in [1.29, 1.82) is 5.26 Å². The number of hydrogen-bond donors (Lipinski definition) is 2. The number of nitrogens with two attached hydrogens (primary N) is 1. The number of allylic oxidation sites excluding steroid dienone is 1. The van der Waals surface area contributed by atoms with Crippen LogP contribution in [0.4, 0.5) is 4.39 Å². The molecule has 0 fully saturated rings. The highest BCUT2D eigenvalue weighted by Crippen LogP contribution is 2.53. The quantitative estimate of drug-likeness (QED) is 0.774. The van der Waals surface area contributed by atoms with Crippen LogP contribution in [0.1, 0.15) is 26.3 Å². The average Bonchev–Trinajstić information content (AvgIpc) is 2.88. The van der Waals surface area contributed by atoms with Crippen molar-refractivity contribution < 1.29 is 23.5 Å². The number of nitrogens with one attached hydrogen (secondary N) is 1. The number of ether oxygens (including phenoxy) is 2. The lowest BCUT2D eigenvalue weighted by atomic mass is 9.68. The fourth-order valence-corrected chi connectivity index (χ4v) is 3.65. The molecular formula is C20H18FN3O4. The lowest BCUT2D eigenvalue weighted by molar-refractivity contribution is -0.141. The summed E-state index contributed by atoms with van der Waals surface area (Å²) in [6.45, 7) is 4.79. The highest BCUT2D eigenvalue weighted by molar-refractivity contribution is 6.12. The standard InChI is InChI=1S/C20H18FN3O4/c1-4-27-18(25)15-11(3)28-17(23)14(9-22)20(15)10(2)16(24-19(20)26)12-5-7-13(21)8-6-12/h5-8H,4,23H2,1-3H3,(H,24,26). The van der Waals surface area contributed by atoms with Gasteiger partial charge in [-0.15, -0.1) is 0 Å². The molecule has 144 valence electrons. The van der Waals surface area contributed by atoms with E-state index in [0.717, 1.165) is 0 Å². The van der Waals surface area contributed by atoms with E-state index < -0.39 is 23.1 Å². The van der Waals surface area contributed by atoms with Gasteiger partial charge in [0.1, 0.15) is 34.2 Å². The molecule has 0 aliphatic carbocycles. The lowest BCUT2D eigenvalue weighted by Crippen LogP contribution is -2.44. The molecule has 1 amide bonds. The van der Waals surface area contributed by atoms with Gasteiger partial charge in [-0.2, -0.15) is 5.26 Å². The second-order valence-corrected chi connectivity index (χ2v) is 6.32. The summed E-state index contributed by atoms with van der Waals surface area (Å²) in [6.07, 6.45) is 0. The second kappa shape index (κ2) is 6.85. The van der Waals surface area contributed by atoms with Gasteiger partial charge in [-0.25, -0.2) is 9.18 Å². The minimum atomic E-state index is -1.78. The fourth-order valence-electron chi connectivity index (χ4n) is 3.65. The summed E-state index contributed by atoms with van der Waals surface area (Å²) in [4.78, 5) is 26.0. The summed E-state index contributed by atoms with van der Waals surface area (Å²) in [5.74, 6) is -2.03. The maximum Gasteiger partial charge on any atom is 0.339 e. The molecule has 0 saturated heterocycles.